The van der Waals surface area contributed by atoms with Gasteiger partial charge >= 0.3 is 19.2 Å². The van der Waals surface area contributed by atoms with Gasteiger partial charge in [-0.15, -0.1) is 0 Å². The van der Waals surface area contributed by atoms with Gasteiger partial charge in [-0.1, -0.05) is 24.3 Å². The van der Waals surface area contributed by atoms with Crippen molar-refractivity contribution >= 4 is 30.6 Å². The molecule has 2 atom stereocenters. The van der Waals surface area contributed by atoms with Gasteiger partial charge in [-0.2, -0.15) is 0 Å². The topological polar surface area (TPSA) is 126 Å². The maximum Gasteiger partial charge on any atom is 0.494 e. The molecule has 2 fully saturated rings. The minimum Gasteiger partial charge on any atom is -0.480 e. The molecule has 1 aromatic carbocycles. The van der Waals surface area contributed by atoms with Gasteiger partial charge in [0.15, 0.2) is 0 Å². The molecular formula is C25H38BN3O7. The predicted molar refractivity (Wildman–Crippen MR) is 135 cm³/mol. The Labute approximate surface area is 213 Å². The molecule has 0 aliphatic carbocycles. The van der Waals surface area contributed by atoms with Crippen LogP contribution >= 0.6 is 0 Å². The zero-order valence-corrected chi connectivity index (χ0v) is 22.2. The van der Waals surface area contributed by atoms with Gasteiger partial charge in [-0.25, -0.2) is 10.2 Å². The van der Waals surface area contributed by atoms with Gasteiger partial charge in [0.2, 0.25) is 0 Å². The molecular weight excluding hydrogens is 465 g/mol. The molecule has 2 amide bonds. The molecule has 0 aromatic heterocycles. The van der Waals surface area contributed by atoms with Crippen molar-refractivity contribution in [2.45, 2.75) is 96.6 Å². The van der Waals surface area contributed by atoms with Crippen LogP contribution in [0, 0.1) is 0 Å². The number of ether oxygens (including phenoxy) is 1. The Hall–Kier alpha value is -2.63. The van der Waals surface area contributed by atoms with Crippen molar-refractivity contribution in [3.63, 3.8) is 0 Å². The fourth-order valence-corrected chi connectivity index (χ4v) is 4.04. The van der Waals surface area contributed by atoms with Crippen LogP contribution in [0.1, 0.15) is 66.9 Å². The van der Waals surface area contributed by atoms with Crippen LogP contribution in [0.3, 0.4) is 0 Å². The van der Waals surface area contributed by atoms with Crippen molar-refractivity contribution in [2.75, 3.05) is 6.54 Å². The van der Waals surface area contributed by atoms with E-state index in [4.69, 9.17) is 14.0 Å². The molecule has 36 heavy (non-hydrogen) atoms. The number of carbonyl (C=O) groups excluding carboxylic acids is 2. The molecule has 0 radical (unpaired) electrons. The predicted octanol–water partition coefficient (Wildman–Crippen LogP) is 2.00. The van der Waals surface area contributed by atoms with E-state index < -0.39 is 54.0 Å². The fourth-order valence-electron chi connectivity index (χ4n) is 4.04. The van der Waals surface area contributed by atoms with Gasteiger partial charge in [0.25, 0.3) is 5.91 Å². The Morgan fingerprint density at radius 2 is 1.86 bits per heavy atom. The van der Waals surface area contributed by atoms with E-state index in [9.17, 15) is 19.5 Å². The number of carboxylic acid groups (broad SMARTS) is 1. The van der Waals surface area contributed by atoms with Gasteiger partial charge in [-0.05, 0) is 72.3 Å². The molecule has 2 aliphatic heterocycles. The number of nitrogens with one attached hydrogen (secondary N) is 2. The summed E-state index contributed by atoms with van der Waals surface area (Å²) in [7, 11) is -0.567. The monoisotopic (exact) mass is 503 g/mol. The van der Waals surface area contributed by atoms with Gasteiger partial charge in [0.05, 0.1) is 11.2 Å². The molecule has 2 saturated heterocycles. The standard InChI is InChI=1S/C25H38BN3O7/c1-23(2,3)34-22(33)27-19(20(30)29-13-9-12-18(28-29)21(31)32)15-16-10-8-11-17(14-16)26-35-24(4,5)25(6,7)36-26/h8,10-11,14,18-19,28H,9,12-13,15H2,1-7H3,(H,27,33)(H,31,32)/t18-,19-/m0/s1. The number of alkyl carbamates (subject to hydrolysis) is 1. The third-order valence-corrected chi connectivity index (χ3v) is 6.66. The first-order valence-corrected chi connectivity index (χ1v) is 12.3. The van der Waals surface area contributed by atoms with E-state index in [0.717, 1.165) is 11.0 Å². The van der Waals surface area contributed by atoms with E-state index in [1.54, 1.807) is 20.8 Å². The van der Waals surface area contributed by atoms with E-state index in [2.05, 4.69) is 10.7 Å². The van der Waals surface area contributed by atoms with E-state index in [0.29, 0.717) is 19.4 Å². The lowest BCUT2D eigenvalue weighted by Crippen LogP contribution is -2.60. The lowest BCUT2D eigenvalue weighted by atomic mass is 9.78. The van der Waals surface area contributed by atoms with Crippen molar-refractivity contribution in [1.29, 1.82) is 0 Å². The summed E-state index contributed by atoms with van der Waals surface area (Å²) in [4.78, 5) is 37.5. The number of hydrazine groups is 1. The second-order valence-corrected chi connectivity index (χ2v) is 11.4. The maximum atomic E-state index is 13.4. The van der Waals surface area contributed by atoms with Crippen molar-refractivity contribution < 1.29 is 33.5 Å². The van der Waals surface area contributed by atoms with Crippen molar-refractivity contribution in [3.05, 3.63) is 29.8 Å². The van der Waals surface area contributed by atoms with Crippen LogP contribution in [0.4, 0.5) is 4.79 Å². The van der Waals surface area contributed by atoms with Crippen molar-refractivity contribution in [2.24, 2.45) is 0 Å². The summed E-state index contributed by atoms with van der Waals surface area (Å²) < 4.78 is 17.7. The fraction of sp³-hybridized carbons (Fsp3) is 0.640. The van der Waals surface area contributed by atoms with Gasteiger partial charge in [0.1, 0.15) is 17.7 Å². The van der Waals surface area contributed by atoms with Crippen LogP contribution in [0.15, 0.2) is 24.3 Å². The van der Waals surface area contributed by atoms with Crippen molar-refractivity contribution in [3.8, 4) is 0 Å². The lowest BCUT2D eigenvalue weighted by Gasteiger charge is -2.34. The summed E-state index contributed by atoms with van der Waals surface area (Å²) in [5, 5.41) is 13.3. The van der Waals surface area contributed by atoms with Crippen LogP contribution in [0.2, 0.25) is 0 Å². The first kappa shape index (κ1) is 28.0. The quantitative estimate of drug-likeness (QED) is 0.504. The molecule has 10 nitrogen and oxygen atoms in total. The number of nitrogens with zero attached hydrogens (tertiary/aromatic N) is 1. The second-order valence-electron chi connectivity index (χ2n) is 11.4. The smallest absolute Gasteiger partial charge is 0.480 e. The molecule has 2 heterocycles. The second kappa shape index (κ2) is 10.4. The lowest BCUT2D eigenvalue weighted by molar-refractivity contribution is -0.147. The summed E-state index contributed by atoms with van der Waals surface area (Å²) in [5.74, 6) is -1.47. The zero-order chi connectivity index (χ0) is 26.9. The first-order valence-electron chi connectivity index (χ1n) is 12.3. The number of carbonyl (C=O) groups is 3. The van der Waals surface area contributed by atoms with E-state index in [1.807, 2.05) is 52.0 Å². The number of amides is 2. The number of hydrogen-bond acceptors (Lipinski definition) is 7. The highest BCUT2D eigenvalue weighted by Crippen LogP contribution is 2.36. The van der Waals surface area contributed by atoms with Crippen LogP contribution in [0.5, 0.6) is 0 Å². The summed E-state index contributed by atoms with van der Waals surface area (Å²) in [6.45, 7) is 13.5. The minimum absolute atomic E-state index is 0.168. The highest BCUT2D eigenvalue weighted by molar-refractivity contribution is 6.62. The van der Waals surface area contributed by atoms with Crippen LogP contribution in [-0.4, -0.2) is 70.6 Å². The van der Waals surface area contributed by atoms with E-state index in [1.165, 1.54) is 5.01 Å². The molecule has 1 aromatic rings. The van der Waals surface area contributed by atoms with Crippen LogP contribution in [-0.2, 0) is 30.1 Å². The number of carboxylic acids is 1. The Bertz CT molecular complexity index is 976. The number of benzene rings is 1. The average molecular weight is 503 g/mol. The van der Waals surface area contributed by atoms with E-state index >= 15 is 0 Å². The normalized spacial score (nSPS) is 22.1. The minimum atomic E-state index is -1.03. The van der Waals surface area contributed by atoms with Gasteiger partial charge < -0.3 is 24.5 Å². The average Bonchev–Trinajstić information content (AvgIpc) is 2.98. The maximum absolute atomic E-state index is 13.4. The Balaban J connectivity index is 1.81. The number of hydrogen-bond donors (Lipinski definition) is 3. The third kappa shape index (κ3) is 6.77. The molecule has 0 saturated carbocycles. The zero-order valence-electron chi connectivity index (χ0n) is 22.2. The Morgan fingerprint density at radius 1 is 1.22 bits per heavy atom. The molecule has 0 spiro atoms. The molecule has 3 N–H and O–H groups in total. The molecule has 11 heteroatoms. The summed E-state index contributed by atoms with van der Waals surface area (Å²) in [5.41, 5.74) is 2.62. The Morgan fingerprint density at radius 3 is 2.44 bits per heavy atom. The van der Waals surface area contributed by atoms with Crippen LogP contribution in [0.25, 0.3) is 0 Å². The summed E-state index contributed by atoms with van der Waals surface area (Å²) in [6.07, 6.45) is 0.391. The van der Waals surface area contributed by atoms with Gasteiger partial charge in [-0.3, -0.25) is 14.6 Å². The van der Waals surface area contributed by atoms with Gasteiger partial charge in [0, 0.05) is 13.0 Å². The number of rotatable bonds is 6. The highest BCUT2D eigenvalue weighted by atomic mass is 16.7. The molecule has 198 valence electrons. The highest BCUT2D eigenvalue weighted by Gasteiger charge is 2.51. The first-order chi connectivity index (χ1) is 16.6. The SMILES string of the molecule is CC(C)(C)OC(=O)N[C@@H](Cc1cccc(B2OC(C)(C)C(C)(C)O2)c1)C(=O)N1CCC[C@@H](C(=O)O)N1. The summed E-state index contributed by atoms with van der Waals surface area (Å²) in [6, 6.07) is 5.65. The molecule has 2 aliphatic rings. The molecule has 0 bridgehead atoms. The molecule has 0 unspecified atom stereocenters. The summed E-state index contributed by atoms with van der Waals surface area (Å²) >= 11 is 0. The van der Waals surface area contributed by atoms with E-state index in [-0.39, 0.29) is 6.42 Å². The van der Waals surface area contributed by atoms with Crippen molar-refractivity contribution in [1.82, 2.24) is 15.8 Å². The van der Waals surface area contributed by atoms with Crippen LogP contribution < -0.4 is 16.2 Å². The third-order valence-electron chi connectivity index (χ3n) is 6.66. The number of aliphatic carboxylic acids is 1. The largest absolute Gasteiger partial charge is 0.494 e. The molecule has 3 rings (SSSR count). The Kier molecular flexibility index (Phi) is 8.07.